The lowest BCUT2D eigenvalue weighted by molar-refractivity contribution is 0.476. The van der Waals surface area contributed by atoms with Gasteiger partial charge in [0.2, 0.25) is 0 Å². The van der Waals surface area contributed by atoms with Gasteiger partial charge in [-0.25, -0.2) is 8.89 Å². The lowest BCUT2D eigenvalue weighted by Crippen LogP contribution is -2.17. The molecule has 3 N–H and O–H groups in total. The van der Waals surface area contributed by atoms with E-state index < -0.39 is 11.1 Å². The maximum Gasteiger partial charge on any atom is 0.280 e. The van der Waals surface area contributed by atoms with Gasteiger partial charge in [-0.2, -0.15) is 0 Å². The number of benzene rings is 2. The molecule has 0 radical (unpaired) electrons. The van der Waals surface area contributed by atoms with Gasteiger partial charge in [0.1, 0.15) is 11.4 Å². The summed E-state index contributed by atoms with van der Waals surface area (Å²) in [5.74, 6) is -0.0880. The number of hydrogen-bond acceptors (Lipinski definition) is 4. The summed E-state index contributed by atoms with van der Waals surface area (Å²) in [4.78, 5) is 17.2. The summed E-state index contributed by atoms with van der Waals surface area (Å²) in [7, 11) is 0. The highest BCUT2D eigenvalue weighted by Gasteiger charge is 2.16. The standard InChI is InChI=1S/C20H21N3O4S/c1-13(2)19-16(20(25)23(22-19)15-6-4-3-5-7-15)11-21-17-10-14(12-28(26)27)8-9-18(17)24/h3-11,13,22,24H,12H2,1-2H3,(H,26,27). The summed E-state index contributed by atoms with van der Waals surface area (Å²) in [5.41, 5.74) is 2.38. The van der Waals surface area contributed by atoms with Crippen LogP contribution in [0.1, 0.15) is 36.6 Å². The summed E-state index contributed by atoms with van der Waals surface area (Å²) in [6.45, 7) is 3.93. The molecule has 0 bridgehead atoms. The molecule has 0 aliphatic rings. The van der Waals surface area contributed by atoms with Crippen molar-refractivity contribution in [2.45, 2.75) is 25.5 Å². The number of phenols is 1. The number of para-hydroxylation sites is 1. The summed E-state index contributed by atoms with van der Waals surface area (Å²) >= 11 is -1.99. The van der Waals surface area contributed by atoms with Crippen molar-refractivity contribution in [2.24, 2.45) is 4.99 Å². The molecule has 146 valence electrons. The number of H-pyrrole nitrogens is 1. The highest BCUT2D eigenvalue weighted by Crippen LogP contribution is 2.28. The van der Waals surface area contributed by atoms with Gasteiger partial charge in [-0.1, -0.05) is 38.1 Å². The fourth-order valence-corrected chi connectivity index (χ4v) is 3.29. The van der Waals surface area contributed by atoms with E-state index in [1.54, 1.807) is 6.07 Å². The Morgan fingerprint density at radius 3 is 2.57 bits per heavy atom. The molecule has 1 unspecified atom stereocenters. The second-order valence-electron chi connectivity index (χ2n) is 6.62. The van der Waals surface area contributed by atoms with Crippen molar-refractivity contribution in [2.75, 3.05) is 0 Å². The molecule has 0 saturated carbocycles. The molecule has 8 heteroatoms. The van der Waals surface area contributed by atoms with Crippen molar-refractivity contribution in [1.29, 1.82) is 0 Å². The van der Waals surface area contributed by atoms with Gasteiger partial charge in [0.25, 0.3) is 5.56 Å². The van der Waals surface area contributed by atoms with Gasteiger partial charge >= 0.3 is 0 Å². The van der Waals surface area contributed by atoms with E-state index in [0.29, 0.717) is 16.8 Å². The molecule has 0 aliphatic heterocycles. The van der Waals surface area contributed by atoms with E-state index in [-0.39, 0.29) is 28.7 Å². The van der Waals surface area contributed by atoms with E-state index in [0.717, 1.165) is 5.69 Å². The molecule has 0 aliphatic carbocycles. The summed E-state index contributed by atoms with van der Waals surface area (Å²) in [6, 6.07) is 13.7. The minimum Gasteiger partial charge on any atom is -0.506 e. The van der Waals surface area contributed by atoms with Crippen LogP contribution in [0.15, 0.2) is 58.3 Å². The first-order valence-corrected chi connectivity index (χ1v) is 9.98. The summed E-state index contributed by atoms with van der Waals surface area (Å²) in [6.07, 6.45) is 1.42. The number of aromatic hydroxyl groups is 1. The number of aromatic nitrogens is 2. The third-order valence-corrected chi connectivity index (χ3v) is 4.79. The van der Waals surface area contributed by atoms with Gasteiger partial charge in [0.15, 0.2) is 11.1 Å². The molecule has 7 nitrogen and oxygen atoms in total. The number of phenolic OH excluding ortho intramolecular Hbond substituents is 1. The van der Waals surface area contributed by atoms with Crippen LogP contribution in [0.5, 0.6) is 5.75 Å². The molecule has 1 aromatic heterocycles. The van der Waals surface area contributed by atoms with Crippen LogP contribution >= 0.6 is 0 Å². The first kappa shape index (κ1) is 19.8. The van der Waals surface area contributed by atoms with Crippen molar-refractivity contribution in [3.05, 3.63) is 75.7 Å². The van der Waals surface area contributed by atoms with Crippen LogP contribution in [0.2, 0.25) is 0 Å². The molecule has 2 aromatic carbocycles. The zero-order valence-corrected chi connectivity index (χ0v) is 16.3. The minimum absolute atomic E-state index is 0.0517. The van der Waals surface area contributed by atoms with Crippen LogP contribution in [-0.4, -0.2) is 29.9 Å². The van der Waals surface area contributed by atoms with Crippen LogP contribution < -0.4 is 5.56 Å². The van der Waals surface area contributed by atoms with Crippen molar-refractivity contribution >= 4 is 23.0 Å². The number of nitrogens with zero attached hydrogens (tertiary/aromatic N) is 2. The van der Waals surface area contributed by atoms with Gasteiger partial charge in [-0.15, -0.1) is 0 Å². The second kappa shape index (κ2) is 8.37. The van der Waals surface area contributed by atoms with Gasteiger partial charge < -0.3 is 9.66 Å². The predicted octanol–water partition coefficient (Wildman–Crippen LogP) is 3.47. The third kappa shape index (κ3) is 4.29. The van der Waals surface area contributed by atoms with E-state index in [2.05, 4.69) is 10.1 Å². The normalized spacial score (nSPS) is 12.7. The second-order valence-corrected chi connectivity index (χ2v) is 7.55. The largest absolute Gasteiger partial charge is 0.506 e. The van der Waals surface area contributed by atoms with E-state index in [9.17, 15) is 14.1 Å². The highest BCUT2D eigenvalue weighted by molar-refractivity contribution is 7.78. The van der Waals surface area contributed by atoms with Crippen LogP contribution in [0.4, 0.5) is 5.69 Å². The highest BCUT2D eigenvalue weighted by atomic mass is 32.2. The zero-order chi connectivity index (χ0) is 20.3. The number of hydrogen-bond donors (Lipinski definition) is 3. The van der Waals surface area contributed by atoms with Crippen LogP contribution in [0.3, 0.4) is 0 Å². The predicted molar refractivity (Wildman–Crippen MR) is 110 cm³/mol. The third-order valence-electron chi connectivity index (χ3n) is 4.21. The number of aromatic amines is 1. The van der Waals surface area contributed by atoms with E-state index in [1.807, 2.05) is 44.2 Å². The van der Waals surface area contributed by atoms with Crippen molar-refractivity contribution in [1.82, 2.24) is 9.78 Å². The molecule has 0 saturated heterocycles. The Morgan fingerprint density at radius 2 is 1.93 bits per heavy atom. The summed E-state index contributed by atoms with van der Waals surface area (Å²) in [5, 5.41) is 13.2. The van der Waals surface area contributed by atoms with Gasteiger partial charge in [0.05, 0.1) is 17.0 Å². The molecule has 0 spiro atoms. The van der Waals surface area contributed by atoms with Crippen molar-refractivity contribution in [3.63, 3.8) is 0 Å². The quantitative estimate of drug-likeness (QED) is 0.436. The molecule has 28 heavy (non-hydrogen) atoms. The Labute approximate surface area is 164 Å². The monoisotopic (exact) mass is 399 g/mol. The van der Waals surface area contributed by atoms with Gasteiger partial charge in [0, 0.05) is 11.9 Å². The molecule has 3 aromatic rings. The zero-order valence-electron chi connectivity index (χ0n) is 15.5. The van der Waals surface area contributed by atoms with Crippen LogP contribution in [-0.2, 0) is 16.8 Å². The molecule has 3 rings (SSSR count). The molecule has 0 amide bonds. The maximum atomic E-state index is 12.9. The Hall–Kier alpha value is -2.97. The van der Waals surface area contributed by atoms with E-state index in [4.69, 9.17) is 4.55 Å². The van der Waals surface area contributed by atoms with Gasteiger partial charge in [-0.3, -0.25) is 14.9 Å². The lowest BCUT2D eigenvalue weighted by Gasteiger charge is -2.04. The van der Waals surface area contributed by atoms with E-state index >= 15 is 0 Å². The molecular formula is C20H21N3O4S. The van der Waals surface area contributed by atoms with Gasteiger partial charge in [-0.05, 0) is 35.7 Å². The lowest BCUT2D eigenvalue weighted by atomic mass is 10.1. The minimum atomic E-state index is -1.99. The number of nitrogens with one attached hydrogen (secondary N) is 1. The molecular weight excluding hydrogens is 378 g/mol. The Kier molecular flexibility index (Phi) is 5.91. The Morgan fingerprint density at radius 1 is 1.21 bits per heavy atom. The van der Waals surface area contributed by atoms with Crippen molar-refractivity contribution in [3.8, 4) is 11.4 Å². The average Bonchev–Trinajstić information content (AvgIpc) is 2.99. The Bertz CT molecular complexity index is 1080. The smallest absolute Gasteiger partial charge is 0.280 e. The van der Waals surface area contributed by atoms with Crippen LogP contribution in [0, 0.1) is 0 Å². The van der Waals surface area contributed by atoms with E-state index in [1.165, 1.54) is 23.0 Å². The number of rotatable bonds is 6. The average molecular weight is 399 g/mol. The summed E-state index contributed by atoms with van der Waals surface area (Å²) < 4.78 is 21.5. The van der Waals surface area contributed by atoms with Crippen molar-refractivity contribution < 1.29 is 13.9 Å². The fraction of sp³-hybridized carbons (Fsp3) is 0.200. The number of aliphatic imine (C=N–C) groups is 1. The SMILES string of the molecule is CC(C)c1[nH]n(-c2ccccc2)c(=O)c1C=Nc1cc(CS(=O)O)ccc1O. The molecule has 1 heterocycles. The fourth-order valence-electron chi connectivity index (χ4n) is 2.83. The topological polar surface area (TPSA) is 108 Å². The van der Waals surface area contributed by atoms with Crippen LogP contribution in [0.25, 0.3) is 5.69 Å². The first-order valence-electron chi connectivity index (χ1n) is 8.70. The molecule has 0 fully saturated rings. The molecule has 1 atom stereocenters. The maximum absolute atomic E-state index is 12.9. The first-order chi connectivity index (χ1) is 13.4. The Balaban J connectivity index is 2.04.